The summed E-state index contributed by atoms with van der Waals surface area (Å²) in [6.45, 7) is 6.46. The van der Waals surface area contributed by atoms with Crippen molar-refractivity contribution in [2.75, 3.05) is 13.0 Å². The van der Waals surface area contributed by atoms with Crippen LogP contribution >= 0.6 is 0 Å². The molecule has 3 rings (SSSR count). The Kier molecular flexibility index (Phi) is 3.79. The minimum Gasteiger partial charge on any atom is -0.497 e. The zero-order valence-electron chi connectivity index (χ0n) is 14.3. The van der Waals surface area contributed by atoms with Crippen LogP contribution in [-0.2, 0) is 5.41 Å². The second-order valence-electron chi connectivity index (χ2n) is 6.82. The van der Waals surface area contributed by atoms with Crippen molar-refractivity contribution in [2.45, 2.75) is 26.2 Å². The van der Waals surface area contributed by atoms with E-state index in [9.17, 15) is 4.79 Å². The Morgan fingerprint density at radius 2 is 1.75 bits per heavy atom. The molecule has 0 unspecified atom stereocenters. The minimum absolute atomic E-state index is 0.0606. The first-order valence-corrected chi connectivity index (χ1v) is 7.78. The Bertz CT molecular complexity index is 951. The van der Waals surface area contributed by atoms with Gasteiger partial charge in [0.2, 0.25) is 0 Å². The Morgan fingerprint density at radius 1 is 1.08 bits per heavy atom. The molecular formula is C19H21N3O2. The number of benzene rings is 2. The van der Waals surface area contributed by atoms with Crippen LogP contribution in [0, 0.1) is 0 Å². The minimum atomic E-state index is -0.280. The maximum Gasteiger partial charge on any atom is 0.280 e. The lowest BCUT2D eigenvalue weighted by Crippen LogP contribution is -2.29. The van der Waals surface area contributed by atoms with E-state index in [4.69, 9.17) is 10.6 Å². The highest BCUT2D eigenvalue weighted by Gasteiger charge is 2.15. The molecule has 0 aliphatic rings. The van der Waals surface area contributed by atoms with Gasteiger partial charge in [0.05, 0.1) is 18.0 Å². The van der Waals surface area contributed by atoms with Crippen molar-refractivity contribution >= 4 is 10.9 Å². The van der Waals surface area contributed by atoms with Gasteiger partial charge in [-0.25, -0.2) is 9.66 Å². The highest BCUT2D eigenvalue weighted by Crippen LogP contribution is 2.26. The van der Waals surface area contributed by atoms with E-state index >= 15 is 0 Å². The molecule has 5 nitrogen and oxygen atoms in total. The first-order chi connectivity index (χ1) is 11.3. The fourth-order valence-electron chi connectivity index (χ4n) is 2.63. The molecule has 0 amide bonds. The molecule has 0 spiro atoms. The maximum atomic E-state index is 12.5. The van der Waals surface area contributed by atoms with E-state index in [0.29, 0.717) is 22.5 Å². The molecule has 2 aromatic carbocycles. The molecule has 5 heteroatoms. The van der Waals surface area contributed by atoms with Gasteiger partial charge in [-0.05, 0) is 23.1 Å². The summed E-state index contributed by atoms with van der Waals surface area (Å²) in [5, 5.41) is 0.466. The molecule has 1 aromatic heterocycles. The summed E-state index contributed by atoms with van der Waals surface area (Å²) in [7, 11) is 1.58. The lowest BCUT2D eigenvalue weighted by atomic mass is 9.86. The number of nitrogens with two attached hydrogens (primary N) is 1. The van der Waals surface area contributed by atoms with Crippen molar-refractivity contribution in [1.29, 1.82) is 0 Å². The molecule has 24 heavy (non-hydrogen) atoms. The van der Waals surface area contributed by atoms with Crippen LogP contribution in [0.2, 0.25) is 0 Å². The third-order valence-electron chi connectivity index (χ3n) is 4.12. The zero-order chi connectivity index (χ0) is 17.5. The van der Waals surface area contributed by atoms with Gasteiger partial charge in [-0.1, -0.05) is 45.0 Å². The van der Waals surface area contributed by atoms with Crippen LogP contribution in [0.5, 0.6) is 5.75 Å². The van der Waals surface area contributed by atoms with E-state index in [1.54, 1.807) is 25.3 Å². The van der Waals surface area contributed by atoms with Crippen molar-refractivity contribution < 1.29 is 4.74 Å². The lowest BCUT2D eigenvalue weighted by molar-refractivity contribution is 0.415. The first kappa shape index (κ1) is 16.1. The Morgan fingerprint density at radius 3 is 2.33 bits per heavy atom. The monoisotopic (exact) mass is 323 g/mol. The average molecular weight is 323 g/mol. The number of nitrogen functional groups attached to an aromatic ring is 1. The number of hydrogen-bond acceptors (Lipinski definition) is 4. The van der Waals surface area contributed by atoms with Crippen molar-refractivity contribution in [3.8, 4) is 17.1 Å². The summed E-state index contributed by atoms with van der Waals surface area (Å²) in [6.07, 6.45) is 0. The molecule has 0 saturated carbocycles. The molecule has 1 heterocycles. The topological polar surface area (TPSA) is 70.1 Å². The van der Waals surface area contributed by atoms with Gasteiger partial charge in [0.15, 0.2) is 5.82 Å². The summed E-state index contributed by atoms with van der Waals surface area (Å²) < 4.78 is 6.31. The highest BCUT2D eigenvalue weighted by molar-refractivity contribution is 5.81. The van der Waals surface area contributed by atoms with E-state index in [2.05, 4.69) is 25.8 Å². The summed E-state index contributed by atoms with van der Waals surface area (Å²) >= 11 is 0. The van der Waals surface area contributed by atoms with E-state index in [1.807, 2.05) is 24.3 Å². The van der Waals surface area contributed by atoms with Gasteiger partial charge < -0.3 is 10.6 Å². The van der Waals surface area contributed by atoms with Crippen molar-refractivity contribution in [3.05, 3.63) is 58.4 Å². The van der Waals surface area contributed by atoms with Crippen LogP contribution < -0.4 is 16.1 Å². The molecule has 0 fully saturated rings. The largest absolute Gasteiger partial charge is 0.497 e. The molecule has 0 aliphatic heterocycles. The SMILES string of the molecule is COc1ccc2c(=O)n(N)c(-c3ccc(C(C)(C)C)cc3)nc2c1. The van der Waals surface area contributed by atoms with E-state index in [1.165, 1.54) is 5.56 Å². The van der Waals surface area contributed by atoms with Crippen LogP contribution in [0.25, 0.3) is 22.3 Å². The number of fused-ring (bicyclic) bond motifs is 1. The summed E-state index contributed by atoms with van der Waals surface area (Å²) in [4.78, 5) is 17.1. The second-order valence-corrected chi connectivity index (χ2v) is 6.82. The summed E-state index contributed by atoms with van der Waals surface area (Å²) in [5.41, 5.74) is 2.35. The number of aromatic nitrogens is 2. The zero-order valence-corrected chi connectivity index (χ0v) is 14.3. The van der Waals surface area contributed by atoms with Gasteiger partial charge in [-0.15, -0.1) is 0 Å². The van der Waals surface area contributed by atoms with Crippen LogP contribution in [0.15, 0.2) is 47.3 Å². The molecule has 0 aliphatic carbocycles. The third kappa shape index (κ3) is 2.73. The number of ether oxygens (including phenoxy) is 1. The van der Waals surface area contributed by atoms with Crippen LogP contribution in [-0.4, -0.2) is 16.8 Å². The number of hydrogen-bond donors (Lipinski definition) is 1. The maximum absolute atomic E-state index is 12.5. The van der Waals surface area contributed by atoms with Crippen LogP contribution in [0.4, 0.5) is 0 Å². The van der Waals surface area contributed by atoms with Crippen LogP contribution in [0.1, 0.15) is 26.3 Å². The quantitative estimate of drug-likeness (QED) is 0.736. The predicted octanol–water partition coefficient (Wildman–Crippen LogP) is 3.08. The molecule has 0 radical (unpaired) electrons. The van der Waals surface area contributed by atoms with Crippen LogP contribution in [0.3, 0.4) is 0 Å². The predicted molar refractivity (Wildman–Crippen MR) is 96.8 cm³/mol. The molecule has 0 bridgehead atoms. The molecule has 2 N–H and O–H groups in total. The van der Waals surface area contributed by atoms with E-state index < -0.39 is 0 Å². The first-order valence-electron chi connectivity index (χ1n) is 7.78. The standard InChI is InChI=1S/C19H21N3O2/c1-19(2,3)13-7-5-12(6-8-13)17-21-16-11-14(24-4)9-10-15(16)18(23)22(17)20/h5-11H,20H2,1-4H3. The summed E-state index contributed by atoms with van der Waals surface area (Å²) in [5.74, 6) is 7.07. The summed E-state index contributed by atoms with van der Waals surface area (Å²) in [6, 6.07) is 13.1. The van der Waals surface area contributed by atoms with E-state index in [0.717, 1.165) is 10.2 Å². The van der Waals surface area contributed by atoms with Gasteiger partial charge in [0, 0.05) is 11.6 Å². The van der Waals surface area contributed by atoms with Crippen molar-refractivity contribution in [2.24, 2.45) is 0 Å². The van der Waals surface area contributed by atoms with Crippen molar-refractivity contribution in [3.63, 3.8) is 0 Å². The van der Waals surface area contributed by atoms with Gasteiger partial charge in [-0.2, -0.15) is 0 Å². The Labute approximate surface area is 140 Å². The third-order valence-corrected chi connectivity index (χ3v) is 4.12. The Balaban J connectivity index is 2.18. The Hall–Kier alpha value is -2.82. The number of methoxy groups -OCH3 is 1. The van der Waals surface area contributed by atoms with E-state index in [-0.39, 0.29) is 11.0 Å². The molecule has 0 saturated heterocycles. The van der Waals surface area contributed by atoms with Gasteiger partial charge in [0.1, 0.15) is 5.75 Å². The molecule has 3 aromatic rings. The van der Waals surface area contributed by atoms with Crippen molar-refractivity contribution in [1.82, 2.24) is 9.66 Å². The van der Waals surface area contributed by atoms with Gasteiger partial charge in [-0.3, -0.25) is 4.79 Å². The smallest absolute Gasteiger partial charge is 0.280 e. The van der Waals surface area contributed by atoms with Gasteiger partial charge in [0.25, 0.3) is 5.56 Å². The van der Waals surface area contributed by atoms with Gasteiger partial charge >= 0.3 is 0 Å². The molecule has 124 valence electrons. The molecule has 0 atom stereocenters. The normalized spacial score (nSPS) is 11.7. The average Bonchev–Trinajstić information content (AvgIpc) is 2.57. The fraction of sp³-hybridized carbons (Fsp3) is 0.263. The second kappa shape index (κ2) is 5.67. The lowest BCUT2D eigenvalue weighted by Gasteiger charge is -2.19. The fourth-order valence-corrected chi connectivity index (χ4v) is 2.63. The number of nitrogens with zero attached hydrogens (tertiary/aromatic N) is 2. The number of rotatable bonds is 2. The highest BCUT2D eigenvalue weighted by atomic mass is 16.5. The molecular weight excluding hydrogens is 302 g/mol.